The number of aryl methyl sites for hydroxylation is 2. The largest absolute Gasteiger partial charge is 0.322 e. The highest BCUT2D eigenvalue weighted by Gasteiger charge is 2.44. The quantitative estimate of drug-likeness (QED) is 0.560. The Labute approximate surface area is 181 Å². The summed E-state index contributed by atoms with van der Waals surface area (Å²) in [5.41, 5.74) is 4.07. The van der Waals surface area contributed by atoms with Crippen LogP contribution in [0.25, 0.3) is 11.1 Å². The number of fused-ring (bicyclic) bond motifs is 4. The zero-order valence-corrected chi connectivity index (χ0v) is 17.7. The third kappa shape index (κ3) is 3.20. The van der Waals surface area contributed by atoms with Gasteiger partial charge in [0.15, 0.2) is 0 Å². The molecule has 0 saturated carbocycles. The van der Waals surface area contributed by atoms with E-state index in [2.05, 4.69) is 25.7 Å². The van der Waals surface area contributed by atoms with Gasteiger partial charge < -0.3 is 10.2 Å². The Hall–Kier alpha value is -3.20. The maximum atomic E-state index is 14.9. The molecule has 2 aromatic heterocycles. The number of benzene rings is 1. The van der Waals surface area contributed by atoms with Crippen molar-refractivity contribution in [1.29, 1.82) is 0 Å². The van der Waals surface area contributed by atoms with E-state index in [9.17, 15) is 14.0 Å². The number of halogens is 2. The first-order valence-electron chi connectivity index (χ1n) is 10.0. The third-order valence-corrected chi connectivity index (χ3v) is 6.44. The number of rotatable bonds is 2. The molecule has 0 unspecified atom stereocenters. The minimum atomic E-state index is -0.583. The molecular weight excluding hydrogens is 423 g/mol. The average Bonchev–Trinajstić information content (AvgIpc) is 3.22. The molecule has 0 spiro atoms. The second kappa shape index (κ2) is 7.19. The van der Waals surface area contributed by atoms with Gasteiger partial charge in [0.2, 0.25) is 0 Å². The van der Waals surface area contributed by atoms with Gasteiger partial charge in [-0.3, -0.25) is 9.89 Å². The van der Waals surface area contributed by atoms with Crippen LogP contribution in [0.5, 0.6) is 0 Å². The fourth-order valence-corrected chi connectivity index (χ4v) is 5.04. The van der Waals surface area contributed by atoms with Crippen LogP contribution in [-0.2, 0) is 6.42 Å². The van der Waals surface area contributed by atoms with Crippen molar-refractivity contribution >= 4 is 23.3 Å². The van der Waals surface area contributed by atoms with Gasteiger partial charge in [-0.05, 0) is 50.8 Å². The molecule has 0 radical (unpaired) electrons. The molecule has 2 bridgehead atoms. The number of anilines is 1. The average molecular weight is 443 g/mol. The Bertz CT molecular complexity index is 1250. The summed E-state index contributed by atoms with van der Waals surface area (Å²) in [7, 11) is 0. The van der Waals surface area contributed by atoms with E-state index in [0.29, 0.717) is 28.4 Å². The topological polar surface area (TPSA) is 107 Å². The number of hydrogen-bond donors (Lipinski definition) is 3. The number of carbonyl (C=O) groups is 1. The molecule has 31 heavy (non-hydrogen) atoms. The van der Waals surface area contributed by atoms with Gasteiger partial charge in [0.05, 0.1) is 28.1 Å². The normalized spacial score (nSPS) is 19.4. The molecule has 0 aliphatic carbocycles. The first-order valence-corrected chi connectivity index (χ1v) is 10.4. The van der Waals surface area contributed by atoms with Crippen molar-refractivity contribution in [2.45, 2.75) is 45.2 Å². The van der Waals surface area contributed by atoms with Crippen LogP contribution in [0.4, 0.5) is 14.9 Å². The van der Waals surface area contributed by atoms with Gasteiger partial charge in [-0.1, -0.05) is 11.6 Å². The van der Waals surface area contributed by atoms with Crippen LogP contribution in [0.3, 0.4) is 0 Å². The number of nitrogens with one attached hydrogen (secondary N) is 3. The summed E-state index contributed by atoms with van der Waals surface area (Å²) in [5.74, 6) is -0.583. The minimum absolute atomic E-state index is 0.0113. The molecule has 1 aromatic carbocycles. The lowest BCUT2D eigenvalue weighted by atomic mass is 9.99. The molecule has 3 N–H and O–H groups in total. The Balaban J connectivity index is 1.43. The Kier molecular flexibility index (Phi) is 4.58. The number of hydrogen-bond acceptors (Lipinski definition) is 4. The summed E-state index contributed by atoms with van der Waals surface area (Å²) in [6.07, 6.45) is 2.09. The summed E-state index contributed by atoms with van der Waals surface area (Å²) >= 11 is 6.44. The van der Waals surface area contributed by atoms with E-state index in [4.69, 9.17) is 11.6 Å². The molecule has 2 amide bonds. The van der Waals surface area contributed by atoms with E-state index in [1.807, 2.05) is 13.8 Å². The van der Waals surface area contributed by atoms with Crippen molar-refractivity contribution in [3.05, 3.63) is 62.0 Å². The van der Waals surface area contributed by atoms with Crippen LogP contribution in [0, 0.1) is 19.7 Å². The highest BCUT2D eigenvalue weighted by molar-refractivity contribution is 6.33. The van der Waals surface area contributed by atoms with E-state index >= 15 is 0 Å². The lowest BCUT2D eigenvalue weighted by Crippen LogP contribution is -2.45. The molecule has 4 heterocycles. The van der Waals surface area contributed by atoms with Gasteiger partial charge in [-0.15, -0.1) is 0 Å². The highest BCUT2D eigenvalue weighted by Crippen LogP contribution is 2.43. The molecule has 2 atom stereocenters. The minimum Gasteiger partial charge on any atom is -0.313 e. The fraction of sp³-hybridized carbons (Fsp3) is 0.333. The molecular formula is C21H20ClFN6O2. The van der Waals surface area contributed by atoms with Crippen molar-refractivity contribution in [3.63, 3.8) is 0 Å². The van der Waals surface area contributed by atoms with Crippen molar-refractivity contribution < 1.29 is 9.18 Å². The lowest BCUT2D eigenvalue weighted by Gasteiger charge is -2.35. The molecule has 8 nitrogen and oxygen atoms in total. The van der Waals surface area contributed by atoms with Crippen LogP contribution >= 0.6 is 11.6 Å². The Morgan fingerprint density at radius 3 is 2.77 bits per heavy atom. The van der Waals surface area contributed by atoms with E-state index in [1.54, 1.807) is 11.0 Å². The number of nitrogens with zero attached hydrogens (tertiary/aromatic N) is 3. The number of aromatic nitrogens is 4. The monoisotopic (exact) mass is 442 g/mol. The van der Waals surface area contributed by atoms with Gasteiger partial charge in [0, 0.05) is 28.9 Å². The van der Waals surface area contributed by atoms with Gasteiger partial charge >= 0.3 is 6.03 Å². The van der Waals surface area contributed by atoms with E-state index in [-0.39, 0.29) is 23.3 Å². The van der Waals surface area contributed by atoms with Crippen LogP contribution in [0.1, 0.15) is 41.5 Å². The molecule has 2 aliphatic rings. The summed E-state index contributed by atoms with van der Waals surface area (Å²) in [4.78, 5) is 26.4. The number of H-pyrrole nitrogens is 2. The zero-order valence-electron chi connectivity index (χ0n) is 16.9. The van der Waals surface area contributed by atoms with E-state index in [1.165, 1.54) is 12.1 Å². The summed E-state index contributed by atoms with van der Waals surface area (Å²) in [6, 6.07) is 3.56. The zero-order chi connectivity index (χ0) is 21.9. The highest BCUT2D eigenvalue weighted by atomic mass is 35.5. The summed E-state index contributed by atoms with van der Waals surface area (Å²) in [6.45, 7) is 3.65. The standard InChI is InChI=1S/C21H20ClFN6O2/c1-9-19(10(2)26-25-9)13-7-15(23)16(8-14(13)22)24-21(31)29-12-3-4-17(29)20-11(5-12)6-18(30)27-28-20/h6-8,12,17H,3-5H2,1-2H3,(H,24,31)(H,25,26)(H,27,30)/t12-,17+/m0/s1. The third-order valence-electron chi connectivity index (χ3n) is 6.12. The van der Waals surface area contributed by atoms with Crippen molar-refractivity contribution in [1.82, 2.24) is 25.3 Å². The van der Waals surface area contributed by atoms with E-state index < -0.39 is 11.8 Å². The smallest absolute Gasteiger partial charge is 0.313 e. The van der Waals surface area contributed by atoms with Crippen LogP contribution in [0.15, 0.2) is 23.0 Å². The number of aromatic amines is 2. The molecule has 160 valence electrons. The van der Waals surface area contributed by atoms with Gasteiger partial charge in [0.25, 0.3) is 5.56 Å². The van der Waals surface area contributed by atoms with Crippen molar-refractivity contribution in [2.75, 3.05) is 5.32 Å². The Morgan fingerprint density at radius 2 is 2.03 bits per heavy atom. The predicted octanol–water partition coefficient (Wildman–Crippen LogP) is 3.86. The molecule has 3 aromatic rings. The maximum Gasteiger partial charge on any atom is 0.322 e. The van der Waals surface area contributed by atoms with Crippen LogP contribution in [0.2, 0.25) is 5.02 Å². The number of amides is 2. The molecule has 1 saturated heterocycles. The van der Waals surface area contributed by atoms with Crippen LogP contribution < -0.4 is 10.9 Å². The maximum absolute atomic E-state index is 14.9. The number of carbonyl (C=O) groups excluding carboxylic acids is 1. The van der Waals surface area contributed by atoms with Gasteiger partial charge in [-0.25, -0.2) is 14.3 Å². The molecule has 2 aliphatic heterocycles. The Morgan fingerprint density at radius 1 is 1.23 bits per heavy atom. The first kappa shape index (κ1) is 19.7. The lowest BCUT2D eigenvalue weighted by molar-refractivity contribution is 0.177. The van der Waals surface area contributed by atoms with Gasteiger partial charge in [0.1, 0.15) is 5.82 Å². The van der Waals surface area contributed by atoms with Crippen molar-refractivity contribution in [2.24, 2.45) is 0 Å². The second-order valence-corrected chi connectivity index (χ2v) is 8.46. The SMILES string of the molecule is Cc1n[nH]c(C)c1-c1cc(F)c(NC(=O)N2[C@H]3CC[C@@H]2c2n[nH]c(=O)cc2C3)cc1Cl. The second-order valence-electron chi connectivity index (χ2n) is 8.05. The number of urea groups is 1. The summed E-state index contributed by atoms with van der Waals surface area (Å²) < 4.78 is 14.9. The molecule has 10 heteroatoms. The fourth-order valence-electron chi connectivity index (χ4n) is 4.78. The summed E-state index contributed by atoms with van der Waals surface area (Å²) in [5, 5.41) is 16.6. The van der Waals surface area contributed by atoms with Crippen LogP contribution in [-0.4, -0.2) is 37.4 Å². The predicted molar refractivity (Wildman–Crippen MR) is 114 cm³/mol. The van der Waals surface area contributed by atoms with Gasteiger partial charge in [-0.2, -0.15) is 10.2 Å². The first-order chi connectivity index (χ1) is 14.8. The molecule has 1 fully saturated rings. The van der Waals surface area contributed by atoms with E-state index in [0.717, 1.165) is 29.7 Å². The molecule has 5 rings (SSSR count). The van der Waals surface area contributed by atoms with Crippen molar-refractivity contribution in [3.8, 4) is 11.1 Å².